The third kappa shape index (κ3) is 3.14. The van der Waals surface area contributed by atoms with E-state index in [0.29, 0.717) is 16.1 Å². The average molecular weight is 377 g/mol. The van der Waals surface area contributed by atoms with E-state index in [0.717, 1.165) is 11.1 Å². The van der Waals surface area contributed by atoms with Gasteiger partial charge in [-0.2, -0.15) is 0 Å². The first-order chi connectivity index (χ1) is 8.72. The van der Waals surface area contributed by atoms with Gasteiger partial charge in [0.25, 0.3) is 0 Å². The van der Waals surface area contributed by atoms with Crippen LogP contribution >= 0.6 is 34.2 Å². The predicted octanol–water partition coefficient (Wildman–Crippen LogP) is 4.75. The topological polar surface area (TPSA) is 9.23 Å². The second-order valence-electron chi connectivity index (χ2n) is 3.76. The zero-order valence-electron chi connectivity index (χ0n) is 9.50. The smallest absolute Gasteiger partial charge is 0.178 e. The summed E-state index contributed by atoms with van der Waals surface area (Å²) in [7, 11) is 0. The summed E-state index contributed by atoms with van der Waals surface area (Å²) in [5.41, 5.74) is 1.79. The zero-order chi connectivity index (χ0) is 13.0. The molecule has 0 saturated heterocycles. The van der Waals surface area contributed by atoms with Gasteiger partial charge in [0.05, 0.1) is 3.57 Å². The van der Waals surface area contributed by atoms with Crippen molar-refractivity contribution in [1.82, 2.24) is 0 Å². The molecule has 2 aromatic rings. The minimum atomic E-state index is -0.343. The molecule has 2 aromatic carbocycles. The summed E-state index contributed by atoms with van der Waals surface area (Å²) >= 11 is 7.66. The van der Waals surface area contributed by atoms with E-state index >= 15 is 0 Å². The average Bonchev–Trinajstić information content (AvgIpc) is 2.42. The molecular formula is C14H11ClFIO. The van der Waals surface area contributed by atoms with Gasteiger partial charge in [0, 0.05) is 5.88 Å². The summed E-state index contributed by atoms with van der Waals surface area (Å²) in [5, 5.41) is 0. The van der Waals surface area contributed by atoms with Gasteiger partial charge in [0.15, 0.2) is 11.6 Å². The number of ether oxygens (including phenoxy) is 1. The molecule has 0 unspecified atom stereocenters. The van der Waals surface area contributed by atoms with Crippen LogP contribution in [0.4, 0.5) is 4.39 Å². The maximum Gasteiger partial charge on any atom is 0.178 e. The van der Waals surface area contributed by atoms with Gasteiger partial charge in [0.2, 0.25) is 0 Å². The lowest BCUT2D eigenvalue weighted by Crippen LogP contribution is -2.00. The van der Waals surface area contributed by atoms with Gasteiger partial charge in [-0.05, 0) is 39.8 Å². The summed E-state index contributed by atoms with van der Waals surface area (Å²) in [6.45, 7) is 0.355. The first kappa shape index (κ1) is 13.6. The van der Waals surface area contributed by atoms with Gasteiger partial charge >= 0.3 is 0 Å². The largest absolute Gasteiger partial charge is 0.486 e. The van der Waals surface area contributed by atoms with Crippen LogP contribution in [0.25, 0.3) is 0 Å². The molecule has 0 fully saturated rings. The predicted molar refractivity (Wildman–Crippen MR) is 79.4 cm³/mol. The Kier molecular flexibility index (Phi) is 4.83. The molecule has 0 atom stereocenters. The molecule has 0 aromatic heterocycles. The van der Waals surface area contributed by atoms with E-state index in [2.05, 4.69) is 0 Å². The highest BCUT2D eigenvalue weighted by molar-refractivity contribution is 14.1. The highest BCUT2D eigenvalue weighted by atomic mass is 127. The van der Waals surface area contributed by atoms with E-state index in [4.69, 9.17) is 16.3 Å². The summed E-state index contributed by atoms with van der Waals surface area (Å²) in [6.07, 6.45) is 0. The number of hydrogen-bond donors (Lipinski definition) is 0. The molecule has 4 heteroatoms. The molecule has 0 spiro atoms. The Bertz CT molecular complexity index is 531. The van der Waals surface area contributed by atoms with Crippen LogP contribution in [0.5, 0.6) is 5.75 Å². The van der Waals surface area contributed by atoms with E-state index < -0.39 is 0 Å². The molecule has 0 N–H and O–H groups in total. The van der Waals surface area contributed by atoms with Gasteiger partial charge in [-0.15, -0.1) is 11.6 Å². The molecule has 94 valence electrons. The normalized spacial score (nSPS) is 10.4. The summed E-state index contributed by atoms with van der Waals surface area (Å²) in [4.78, 5) is 0. The number of benzene rings is 2. The van der Waals surface area contributed by atoms with E-state index in [-0.39, 0.29) is 11.6 Å². The maximum atomic E-state index is 14.0. The van der Waals surface area contributed by atoms with Crippen molar-refractivity contribution in [3.63, 3.8) is 0 Å². The standard InChI is InChI=1S/C14H11ClFIO/c15-8-11-6-7-12(13(16)14(11)17)18-9-10-4-2-1-3-5-10/h1-7H,8-9H2. The molecule has 0 aliphatic heterocycles. The van der Waals surface area contributed by atoms with Crippen molar-refractivity contribution in [2.75, 3.05) is 0 Å². The summed E-state index contributed by atoms with van der Waals surface area (Å²) < 4.78 is 20.0. The molecular weight excluding hydrogens is 366 g/mol. The van der Waals surface area contributed by atoms with Crippen molar-refractivity contribution in [3.8, 4) is 5.75 Å². The molecule has 0 aliphatic carbocycles. The quantitative estimate of drug-likeness (QED) is 0.553. The van der Waals surface area contributed by atoms with E-state index in [1.165, 1.54) is 0 Å². The van der Waals surface area contributed by atoms with Gasteiger partial charge < -0.3 is 4.74 Å². The van der Waals surface area contributed by atoms with Crippen LogP contribution in [0.3, 0.4) is 0 Å². The van der Waals surface area contributed by atoms with Crippen LogP contribution in [0.15, 0.2) is 42.5 Å². The first-order valence-corrected chi connectivity index (χ1v) is 7.03. The maximum absolute atomic E-state index is 14.0. The lowest BCUT2D eigenvalue weighted by Gasteiger charge is -2.10. The van der Waals surface area contributed by atoms with Gasteiger partial charge in [-0.3, -0.25) is 0 Å². The van der Waals surface area contributed by atoms with E-state index in [9.17, 15) is 4.39 Å². The Morgan fingerprint density at radius 3 is 2.50 bits per heavy atom. The lowest BCUT2D eigenvalue weighted by molar-refractivity contribution is 0.289. The van der Waals surface area contributed by atoms with Crippen LogP contribution in [0, 0.1) is 9.39 Å². The minimum absolute atomic E-state index is 0.261. The van der Waals surface area contributed by atoms with Gasteiger partial charge in [0.1, 0.15) is 6.61 Å². The first-order valence-electron chi connectivity index (χ1n) is 5.42. The fourth-order valence-electron chi connectivity index (χ4n) is 1.52. The Labute approximate surface area is 124 Å². The fraction of sp³-hybridized carbons (Fsp3) is 0.143. The van der Waals surface area contributed by atoms with E-state index in [1.54, 1.807) is 12.1 Å². The molecule has 0 aliphatic rings. The number of rotatable bonds is 4. The SMILES string of the molecule is Fc1c(OCc2ccccc2)ccc(CCl)c1I. The van der Waals surface area contributed by atoms with Gasteiger partial charge in [-0.1, -0.05) is 36.4 Å². The van der Waals surface area contributed by atoms with Crippen LogP contribution in [-0.4, -0.2) is 0 Å². The van der Waals surface area contributed by atoms with E-state index in [1.807, 2.05) is 52.9 Å². The zero-order valence-corrected chi connectivity index (χ0v) is 12.4. The van der Waals surface area contributed by atoms with Gasteiger partial charge in [-0.25, -0.2) is 4.39 Å². The fourth-order valence-corrected chi connectivity index (χ4v) is 2.61. The van der Waals surface area contributed by atoms with Crippen LogP contribution in [0.1, 0.15) is 11.1 Å². The van der Waals surface area contributed by atoms with Crippen molar-refractivity contribution in [3.05, 3.63) is 63.0 Å². The molecule has 0 heterocycles. The van der Waals surface area contributed by atoms with Crippen molar-refractivity contribution in [2.45, 2.75) is 12.5 Å². The number of halogens is 3. The highest BCUT2D eigenvalue weighted by Crippen LogP contribution is 2.27. The Morgan fingerprint density at radius 1 is 1.11 bits per heavy atom. The van der Waals surface area contributed by atoms with Crippen LogP contribution in [-0.2, 0) is 12.5 Å². The number of hydrogen-bond acceptors (Lipinski definition) is 1. The molecule has 18 heavy (non-hydrogen) atoms. The molecule has 0 saturated carbocycles. The van der Waals surface area contributed by atoms with Crippen molar-refractivity contribution < 1.29 is 9.13 Å². The molecule has 2 rings (SSSR count). The molecule has 1 nitrogen and oxygen atoms in total. The Hall–Kier alpha value is -0.810. The van der Waals surface area contributed by atoms with Crippen LogP contribution in [0.2, 0.25) is 0 Å². The Balaban J connectivity index is 2.13. The monoisotopic (exact) mass is 376 g/mol. The number of alkyl halides is 1. The second kappa shape index (κ2) is 6.38. The molecule has 0 bridgehead atoms. The minimum Gasteiger partial charge on any atom is -0.486 e. The summed E-state index contributed by atoms with van der Waals surface area (Å²) in [5.74, 6) is 0.218. The molecule has 0 radical (unpaired) electrons. The lowest BCUT2D eigenvalue weighted by atomic mass is 10.2. The van der Waals surface area contributed by atoms with Crippen LogP contribution < -0.4 is 4.74 Å². The van der Waals surface area contributed by atoms with Crippen molar-refractivity contribution in [1.29, 1.82) is 0 Å². The third-order valence-corrected chi connectivity index (χ3v) is 3.96. The second-order valence-corrected chi connectivity index (χ2v) is 5.10. The highest BCUT2D eigenvalue weighted by Gasteiger charge is 2.11. The third-order valence-electron chi connectivity index (χ3n) is 2.51. The van der Waals surface area contributed by atoms with Crippen molar-refractivity contribution in [2.24, 2.45) is 0 Å². The van der Waals surface area contributed by atoms with Crippen molar-refractivity contribution >= 4 is 34.2 Å². The molecule has 0 amide bonds. The Morgan fingerprint density at radius 2 is 1.83 bits per heavy atom. The summed E-state index contributed by atoms with van der Waals surface area (Å²) in [6, 6.07) is 13.1.